The van der Waals surface area contributed by atoms with Crippen LogP contribution in [0.2, 0.25) is 0 Å². The normalized spacial score (nSPS) is 16.9. The maximum absolute atomic E-state index is 4.70. The molecule has 0 spiro atoms. The number of H-pyrrole nitrogens is 1. The van der Waals surface area contributed by atoms with Crippen LogP contribution in [-0.2, 0) is 0 Å². The highest BCUT2D eigenvalue weighted by Crippen LogP contribution is 2.22. The zero-order chi connectivity index (χ0) is 14.8. The Morgan fingerprint density at radius 3 is 3.09 bits per heavy atom. The van der Waals surface area contributed by atoms with Gasteiger partial charge >= 0.3 is 0 Å². The first-order valence-corrected chi connectivity index (χ1v) is 7.37. The molecule has 2 aromatic heterocycles. The Morgan fingerprint density at radius 1 is 1.18 bits per heavy atom. The largest absolute Gasteiger partial charge is 0.284 e. The van der Waals surface area contributed by atoms with Crippen molar-refractivity contribution in [1.29, 1.82) is 0 Å². The fraction of sp³-hybridized carbons (Fsp3) is 0.176. The highest BCUT2D eigenvalue weighted by atomic mass is 15.3. The molecule has 5 nitrogen and oxygen atoms in total. The Morgan fingerprint density at radius 2 is 2.18 bits per heavy atom. The van der Waals surface area contributed by atoms with E-state index in [1.807, 2.05) is 24.4 Å². The highest BCUT2D eigenvalue weighted by Gasteiger charge is 2.14. The Labute approximate surface area is 127 Å². The van der Waals surface area contributed by atoms with Crippen molar-refractivity contribution < 1.29 is 0 Å². The van der Waals surface area contributed by atoms with Gasteiger partial charge in [-0.2, -0.15) is 0 Å². The van der Waals surface area contributed by atoms with E-state index in [0.717, 1.165) is 47.3 Å². The van der Waals surface area contributed by atoms with Crippen LogP contribution in [0.4, 0.5) is 0 Å². The fourth-order valence-corrected chi connectivity index (χ4v) is 2.75. The lowest BCUT2D eigenvalue weighted by Crippen LogP contribution is -2.11. The Hall–Kier alpha value is -2.82. The van der Waals surface area contributed by atoms with E-state index < -0.39 is 0 Å². The summed E-state index contributed by atoms with van der Waals surface area (Å²) in [6.45, 7) is 0.879. The predicted molar refractivity (Wildman–Crippen MR) is 86.7 cm³/mol. The first-order valence-electron chi connectivity index (χ1n) is 7.37. The molecule has 0 amide bonds. The van der Waals surface area contributed by atoms with Crippen LogP contribution in [0.1, 0.15) is 24.0 Å². The van der Waals surface area contributed by atoms with Gasteiger partial charge in [0.25, 0.3) is 0 Å². The molecule has 22 heavy (non-hydrogen) atoms. The molecule has 4 rings (SSSR count). The molecule has 1 aliphatic rings. The molecule has 0 bridgehead atoms. The van der Waals surface area contributed by atoms with Gasteiger partial charge < -0.3 is 0 Å². The topological polar surface area (TPSA) is 66.8 Å². The number of hydrogen-bond donors (Lipinski definition) is 1. The molecule has 0 atom stereocenters. The number of allylic oxidation sites excluding steroid dienone is 1. The van der Waals surface area contributed by atoms with Gasteiger partial charge in [0.15, 0.2) is 0 Å². The van der Waals surface area contributed by atoms with Gasteiger partial charge in [-0.1, -0.05) is 11.3 Å². The minimum Gasteiger partial charge on any atom is -0.284 e. The number of aromatic amines is 1. The summed E-state index contributed by atoms with van der Waals surface area (Å²) < 4.78 is 0. The lowest BCUT2D eigenvalue weighted by atomic mass is 9.95. The minimum absolute atomic E-state index is 0.879. The van der Waals surface area contributed by atoms with Crippen molar-refractivity contribution in [2.75, 3.05) is 6.54 Å². The molecule has 108 valence electrons. The quantitative estimate of drug-likeness (QED) is 0.788. The van der Waals surface area contributed by atoms with E-state index in [4.69, 9.17) is 4.99 Å². The monoisotopic (exact) mass is 289 g/mol. The smallest absolute Gasteiger partial charge is 0.113 e. The number of nitrogens with one attached hydrogen (secondary N) is 1. The van der Waals surface area contributed by atoms with Crippen molar-refractivity contribution in [3.63, 3.8) is 0 Å². The van der Waals surface area contributed by atoms with E-state index in [-0.39, 0.29) is 0 Å². The molecular weight excluding hydrogens is 274 g/mol. The molecule has 0 unspecified atom stereocenters. The third-order valence-corrected chi connectivity index (χ3v) is 3.80. The number of pyridine rings is 1. The second-order valence-corrected chi connectivity index (χ2v) is 5.33. The zero-order valence-electron chi connectivity index (χ0n) is 12.0. The van der Waals surface area contributed by atoms with Crippen LogP contribution < -0.4 is 0 Å². The number of nitrogens with zero attached hydrogens (tertiary/aromatic N) is 4. The van der Waals surface area contributed by atoms with Crippen molar-refractivity contribution in [1.82, 2.24) is 20.4 Å². The summed E-state index contributed by atoms with van der Waals surface area (Å²) in [5.41, 5.74) is 6.34. The van der Waals surface area contributed by atoms with Crippen LogP contribution >= 0.6 is 0 Å². The zero-order valence-corrected chi connectivity index (χ0v) is 12.0. The summed E-state index contributed by atoms with van der Waals surface area (Å²) in [6.07, 6.45) is 7.97. The minimum atomic E-state index is 0.879. The third-order valence-electron chi connectivity index (χ3n) is 3.80. The molecule has 1 N–H and O–H groups in total. The van der Waals surface area contributed by atoms with Crippen molar-refractivity contribution in [3.05, 3.63) is 59.4 Å². The fourth-order valence-electron chi connectivity index (χ4n) is 2.75. The van der Waals surface area contributed by atoms with Gasteiger partial charge in [-0.05, 0) is 54.3 Å². The molecule has 0 fully saturated rings. The molecule has 5 heteroatoms. The number of fused-ring (bicyclic) bond motifs is 1. The van der Waals surface area contributed by atoms with E-state index in [1.54, 1.807) is 6.20 Å². The van der Waals surface area contributed by atoms with E-state index in [0.29, 0.717) is 0 Å². The first kappa shape index (κ1) is 12.9. The number of benzene rings is 1. The van der Waals surface area contributed by atoms with Gasteiger partial charge in [-0.25, -0.2) is 0 Å². The number of aliphatic imine (C=N–C) groups is 1. The van der Waals surface area contributed by atoms with Gasteiger partial charge in [0.1, 0.15) is 5.52 Å². The van der Waals surface area contributed by atoms with Crippen molar-refractivity contribution in [2.45, 2.75) is 12.8 Å². The second kappa shape index (κ2) is 5.52. The predicted octanol–water partition coefficient (Wildman–Crippen LogP) is 3.02. The second-order valence-electron chi connectivity index (χ2n) is 5.33. The Balaban J connectivity index is 1.75. The average Bonchev–Trinajstić information content (AvgIpc) is 3.04. The van der Waals surface area contributed by atoms with Crippen LogP contribution in [0.5, 0.6) is 0 Å². The molecule has 0 radical (unpaired) electrons. The van der Waals surface area contributed by atoms with E-state index in [9.17, 15) is 0 Å². The number of hydrogen-bond acceptors (Lipinski definition) is 4. The van der Waals surface area contributed by atoms with Crippen LogP contribution in [0, 0.1) is 0 Å². The Bertz CT molecular complexity index is 861. The highest BCUT2D eigenvalue weighted by molar-refractivity contribution is 6.15. The molecule has 1 aliphatic heterocycles. The van der Waals surface area contributed by atoms with Gasteiger partial charge in [0, 0.05) is 24.5 Å². The molecule has 3 aromatic rings. The van der Waals surface area contributed by atoms with Crippen LogP contribution in [-0.4, -0.2) is 32.7 Å². The van der Waals surface area contributed by atoms with E-state index in [2.05, 4.69) is 38.6 Å². The van der Waals surface area contributed by atoms with Crippen LogP contribution in [0.25, 0.3) is 17.1 Å². The molecular formula is C17H15N5. The third kappa shape index (κ3) is 2.41. The molecule has 0 aliphatic carbocycles. The maximum Gasteiger partial charge on any atom is 0.113 e. The molecule has 3 heterocycles. The molecule has 0 saturated carbocycles. The van der Waals surface area contributed by atoms with E-state index in [1.165, 1.54) is 5.57 Å². The summed E-state index contributed by atoms with van der Waals surface area (Å²) in [4.78, 5) is 8.91. The van der Waals surface area contributed by atoms with Crippen molar-refractivity contribution >= 4 is 22.8 Å². The average molecular weight is 289 g/mol. The molecule has 0 saturated heterocycles. The van der Waals surface area contributed by atoms with Gasteiger partial charge in [-0.15, -0.1) is 5.10 Å². The van der Waals surface area contributed by atoms with E-state index >= 15 is 0 Å². The first-order chi connectivity index (χ1) is 10.9. The Kier molecular flexibility index (Phi) is 3.23. The number of rotatable bonds is 2. The maximum atomic E-state index is 4.70. The SMILES string of the molecule is C(=C1/CCCN=C1c1cccnc1)/c1ccc2[nH]nnc2c1. The lowest BCUT2D eigenvalue weighted by molar-refractivity contribution is 0.818. The summed E-state index contributed by atoms with van der Waals surface area (Å²) in [5, 5.41) is 10.8. The summed E-state index contributed by atoms with van der Waals surface area (Å²) in [6, 6.07) is 10.1. The van der Waals surface area contributed by atoms with Crippen LogP contribution in [0.3, 0.4) is 0 Å². The van der Waals surface area contributed by atoms with Crippen molar-refractivity contribution in [3.8, 4) is 0 Å². The van der Waals surface area contributed by atoms with Gasteiger partial charge in [0.05, 0.1) is 11.2 Å². The van der Waals surface area contributed by atoms with Gasteiger partial charge in [-0.3, -0.25) is 15.1 Å². The summed E-state index contributed by atoms with van der Waals surface area (Å²) in [5.74, 6) is 0. The molecule has 1 aromatic carbocycles. The van der Waals surface area contributed by atoms with Gasteiger partial charge in [0.2, 0.25) is 0 Å². The van der Waals surface area contributed by atoms with Crippen LogP contribution in [0.15, 0.2) is 53.3 Å². The van der Waals surface area contributed by atoms with Crippen molar-refractivity contribution in [2.24, 2.45) is 4.99 Å². The summed E-state index contributed by atoms with van der Waals surface area (Å²) >= 11 is 0. The number of aromatic nitrogens is 4. The lowest BCUT2D eigenvalue weighted by Gasteiger charge is -2.16. The summed E-state index contributed by atoms with van der Waals surface area (Å²) in [7, 11) is 0. The standard InChI is InChI=1S/C17H15N5/c1-4-14(11-18-7-1)17-13(3-2-8-19-17)9-12-5-6-15-16(10-12)21-22-20-15/h1,4-7,9-11H,2-3,8H2,(H,20,21,22)/b13-9+.